The first kappa shape index (κ1) is 17.6. The lowest BCUT2D eigenvalue weighted by Crippen LogP contribution is -2.42. The number of likely N-dealkylation sites (tertiary alicyclic amines) is 1. The average molecular weight is 348 g/mol. The van der Waals surface area contributed by atoms with Gasteiger partial charge in [0, 0.05) is 49.9 Å². The summed E-state index contributed by atoms with van der Waals surface area (Å²) in [6, 6.07) is 8.32. The molecule has 2 aliphatic heterocycles. The molecule has 5 heteroatoms. The molecule has 1 unspecified atom stereocenters. The van der Waals surface area contributed by atoms with Gasteiger partial charge in [-0.25, -0.2) is 4.79 Å². The zero-order valence-electron chi connectivity index (χ0n) is 14.7. The van der Waals surface area contributed by atoms with E-state index >= 15 is 0 Å². The van der Waals surface area contributed by atoms with Gasteiger partial charge in [0.1, 0.15) is 0 Å². The normalized spacial score (nSPS) is 22.4. The molecule has 0 saturated carbocycles. The molecule has 3 rings (SSSR count). The fraction of sp³-hybridized carbons (Fsp3) is 0.632. The van der Waals surface area contributed by atoms with Crippen molar-refractivity contribution < 1.29 is 4.79 Å². The van der Waals surface area contributed by atoms with Crippen LogP contribution in [0.5, 0.6) is 0 Å². The highest BCUT2D eigenvalue weighted by Crippen LogP contribution is 2.22. The molecule has 1 N–H and O–H groups in total. The van der Waals surface area contributed by atoms with Crippen LogP contribution in [0.2, 0.25) is 0 Å². The number of para-hydroxylation sites is 1. The van der Waals surface area contributed by atoms with Gasteiger partial charge in [0.15, 0.2) is 0 Å². The van der Waals surface area contributed by atoms with Gasteiger partial charge >= 0.3 is 6.03 Å². The van der Waals surface area contributed by atoms with Crippen LogP contribution in [0.25, 0.3) is 0 Å². The fourth-order valence-electron chi connectivity index (χ4n) is 3.56. The number of hydrogen-bond acceptors (Lipinski definition) is 3. The highest BCUT2D eigenvalue weighted by molar-refractivity contribution is 7.99. The van der Waals surface area contributed by atoms with E-state index in [1.165, 1.54) is 23.5 Å². The lowest BCUT2D eigenvalue weighted by Gasteiger charge is -2.32. The van der Waals surface area contributed by atoms with E-state index < -0.39 is 0 Å². The summed E-state index contributed by atoms with van der Waals surface area (Å²) in [6.07, 6.45) is 3.54. The van der Waals surface area contributed by atoms with Crippen molar-refractivity contribution >= 4 is 23.5 Å². The predicted molar refractivity (Wildman–Crippen MR) is 103 cm³/mol. The number of thioether (sulfide) groups is 1. The Hall–Kier alpha value is -1.20. The second-order valence-corrected chi connectivity index (χ2v) is 8.06. The number of hydrogen-bond donors (Lipinski definition) is 1. The summed E-state index contributed by atoms with van der Waals surface area (Å²) in [5, 5.41) is 3.17. The lowest BCUT2D eigenvalue weighted by atomic mass is 9.96. The van der Waals surface area contributed by atoms with E-state index in [1.54, 1.807) is 0 Å². The number of urea groups is 1. The summed E-state index contributed by atoms with van der Waals surface area (Å²) < 4.78 is 0. The Labute approximate surface area is 150 Å². The molecule has 2 amide bonds. The van der Waals surface area contributed by atoms with E-state index in [1.807, 2.05) is 28.8 Å². The molecule has 2 heterocycles. The second kappa shape index (κ2) is 8.77. The van der Waals surface area contributed by atoms with E-state index in [-0.39, 0.29) is 6.03 Å². The third kappa shape index (κ3) is 4.67. The van der Waals surface area contributed by atoms with Gasteiger partial charge < -0.3 is 10.2 Å². The van der Waals surface area contributed by atoms with Crippen molar-refractivity contribution in [2.75, 3.05) is 43.0 Å². The van der Waals surface area contributed by atoms with Gasteiger partial charge in [-0.2, -0.15) is 11.8 Å². The Balaban J connectivity index is 1.62. The number of nitrogens with one attached hydrogen (secondary N) is 1. The van der Waals surface area contributed by atoms with Gasteiger partial charge in [0.2, 0.25) is 0 Å². The van der Waals surface area contributed by atoms with E-state index in [2.05, 4.69) is 29.3 Å². The summed E-state index contributed by atoms with van der Waals surface area (Å²) in [5.74, 6) is 3.08. The van der Waals surface area contributed by atoms with Crippen LogP contribution in [0, 0.1) is 5.92 Å². The molecule has 0 aromatic heterocycles. The zero-order valence-corrected chi connectivity index (χ0v) is 15.5. The third-order valence-corrected chi connectivity index (χ3v) is 6.08. The number of anilines is 1. The monoisotopic (exact) mass is 347 g/mol. The smallest absolute Gasteiger partial charge is 0.321 e. The number of piperidine rings is 1. The van der Waals surface area contributed by atoms with Crippen LogP contribution < -0.4 is 5.32 Å². The topological polar surface area (TPSA) is 35.6 Å². The molecule has 132 valence electrons. The lowest BCUT2D eigenvalue weighted by molar-refractivity contribution is 0.176. The largest absolute Gasteiger partial charge is 0.324 e. The first-order valence-corrected chi connectivity index (χ1v) is 10.4. The third-order valence-electron chi connectivity index (χ3n) is 5.14. The Morgan fingerprint density at radius 3 is 2.83 bits per heavy atom. The van der Waals surface area contributed by atoms with Crippen molar-refractivity contribution in [1.82, 2.24) is 9.80 Å². The standard InChI is InChI=1S/C19H29N3OS/c1-2-16-6-5-9-22(14-16)19(23)20-18-8-4-3-7-17(18)15-21-10-12-24-13-11-21/h3-4,7-8,16H,2,5-6,9-15H2,1H3,(H,20,23). The maximum Gasteiger partial charge on any atom is 0.321 e. The minimum atomic E-state index is 0.0646. The molecule has 24 heavy (non-hydrogen) atoms. The molecule has 0 spiro atoms. The van der Waals surface area contributed by atoms with Crippen molar-refractivity contribution in [1.29, 1.82) is 0 Å². The minimum Gasteiger partial charge on any atom is -0.324 e. The molecule has 1 aromatic rings. The molecule has 2 aliphatic rings. The summed E-state index contributed by atoms with van der Waals surface area (Å²) in [7, 11) is 0. The van der Waals surface area contributed by atoms with Crippen molar-refractivity contribution in [2.24, 2.45) is 5.92 Å². The number of carbonyl (C=O) groups is 1. The minimum absolute atomic E-state index is 0.0646. The molecule has 0 aliphatic carbocycles. The molecule has 1 aromatic carbocycles. The quantitative estimate of drug-likeness (QED) is 0.897. The van der Waals surface area contributed by atoms with Gasteiger partial charge in [0.05, 0.1) is 0 Å². The molecule has 4 nitrogen and oxygen atoms in total. The average Bonchev–Trinajstić information content (AvgIpc) is 2.64. The molecule has 2 saturated heterocycles. The van der Waals surface area contributed by atoms with Crippen LogP contribution >= 0.6 is 11.8 Å². The molecular weight excluding hydrogens is 318 g/mol. The Bertz CT molecular complexity index is 545. The van der Waals surface area contributed by atoms with Crippen LogP contribution in [-0.2, 0) is 6.54 Å². The fourth-order valence-corrected chi connectivity index (χ4v) is 4.54. The molecule has 0 radical (unpaired) electrons. The van der Waals surface area contributed by atoms with Crippen LogP contribution in [0.1, 0.15) is 31.7 Å². The number of carbonyl (C=O) groups excluding carboxylic acids is 1. The zero-order chi connectivity index (χ0) is 16.8. The highest BCUT2D eigenvalue weighted by Gasteiger charge is 2.23. The van der Waals surface area contributed by atoms with E-state index in [4.69, 9.17) is 0 Å². The van der Waals surface area contributed by atoms with Crippen LogP contribution in [0.4, 0.5) is 10.5 Å². The number of nitrogens with zero attached hydrogens (tertiary/aromatic N) is 2. The van der Waals surface area contributed by atoms with Crippen LogP contribution in [0.15, 0.2) is 24.3 Å². The summed E-state index contributed by atoms with van der Waals surface area (Å²) in [5.41, 5.74) is 2.20. The number of rotatable bonds is 4. The van der Waals surface area contributed by atoms with E-state index in [0.29, 0.717) is 5.92 Å². The maximum absolute atomic E-state index is 12.7. The van der Waals surface area contributed by atoms with Gasteiger partial charge in [-0.3, -0.25) is 4.90 Å². The van der Waals surface area contributed by atoms with E-state index in [0.717, 1.165) is 51.3 Å². The van der Waals surface area contributed by atoms with Crippen LogP contribution in [-0.4, -0.2) is 53.5 Å². The Morgan fingerprint density at radius 2 is 2.04 bits per heavy atom. The molecule has 2 fully saturated rings. The first-order valence-electron chi connectivity index (χ1n) is 9.20. The molecular formula is C19H29N3OS. The molecule has 0 bridgehead atoms. The summed E-state index contributed by atoms with van der Waals surface area (Å²) in [6.45, 7) is 7.20. The van der Waals surface area contributed by atoms with Crippen molar-refractivity contribution in [3.05, 3.63) is 29.8 Å². The summed E-state index contributed by atoms with van der Waals surface area (Å²) in [4.78, 5) is 17.1. The van der Waals surface area contributed by atoms with E-state index in [9.17, 15) is 4.79 Å². The van der Waals surface area contributed by atoms with Gasteiger partial charge in [-0.05, 0) is 30.4 Å². The SMILES string of the molecule is CCC1CCCN(C(=O)Nc2ccccc2CN2CCSCC2)C1. The second-order valence-electron chi connectivity index (χ2n) is 6.84. The van der Waals surface area contributed by atoms with Gasteiger partial charge in [-0.1, -0.05) is 31.5 Å². The van der Waals surface area contributed by atoms with Crippen LogP contribution in [0.3, 0.4) is 0 Å². The van der Waals surface area contributed by atoms with Gasteiger partial charge in [0.25, 0.3) is 0 Å². The van der Waals surface area contributed by atoms with Crippen molar-refractivity contribution in [3.8, 4) is 0 Å². The maximum atomic E-state index is 12.7. The predicted octanol–water partition coefficient (Wildman–Crippen LogP) is 3.89. The van der Waals surface area contributed by atoms with Crippen molar-refractivity contribution in [3.63, 3.8) is 0 Å². The molecule has 1 atom stereocenters. The first-order chi connectivity index (χ1) is 11.8. The summed E-state index contributed by atoms with van der Waals surface area (Å²) >= 11 is 2.03. The number of amides is 2. The Kier molecular flexibility index (Phi) is 6.44. The van der Waals surface area contributed by atoms with Gasteiger partial charge in [-0.15, -0.1) is 0 Å². The van der Waals surface area contributed by atoms with Crippen molar-refractivity contribution in [2.45, 2.75) is 32.7 Å². The highest BCUT2D eigenvalue weighted by atomic mass is 32.2. The Morgan fingerprint density at radius 1 is 1.25 bits per heavy atom. The number of benzene rings is 1.